The number of carbonyl (C=O) groups excluding carboxylic acids is 2. The molecule has 2 aliphatic heterocycles. The number of imide groups is 1. The van der Waals surface area contributed by atoms with Crippen LogP contribution in [0.5, 0.6) is 0 Å². The average Bonchev–Trinajstić information content (AvgIpc) is 3.38. The molecule has 0 N–H and O–H groups in total. The first-order valence-electron chi connectivity index (χ1n) is 11.8. The predicted octanol–water partition coefficient (Wildman–Crippen LogP) is 4.77. The number of aromatic nitrogens is 1. The lowest BCUT2D eigenvalue weighted by molar-refractivity contribution is 0.0642. The largest absolute Gasteiger partial charge is 0.368 e. The molecule has 1 fully saturated rings. The fraction of sp³-hybridized carbons (Fsp3) is 0.370. The van der Waals surface area contributed by atoms with Crippen LogP contribution in [0, 0.1) is 5.41 Å². The lowest BCUT2D eigenvalue weighted by atomic mass is 9.95. The molecule has 6 nitrogen and oxygen atoms in total. The summed E-state index contributed by atoms with van der Waals surface area (Å²) in [6.45, 7) is 11.6. The molecule has 0 unspecified atom stereocenters. The van der Waals surface area contributed by atoms with E-state index in [1.165, 1.54) is 16.2 Å². The molecule has 0 saturated carbocycles. The van der Waals surface area contributed by atoms with Gasteiger partial charge in [0.1, 0.15) is 5.01 Å². The summed E-state index contributed by atoms with van der Waals surface area (Å²) in [7, 11) is 0. The zero-order valence-corrected chi connectivity index (χ0v) is 20.8. The maximum absolute atomic E-state index is 13.4. The molecule has 5 rings (SSSR count). The second-order valence-corrected chi connectivity index (χ2v) is 11.2. The van der Waals surface area contributed by atoms with Gasteiger partial charge in [-0.2, -0.15) is 0 Å². The van der Waals surface area contributed by atoms with Gasteiger partial charge in [0, 0.05) is 43.7 Å². The summed E-state index contributed by atoms with van der Waals surface area (Å²) in [5, 5.41) is 2.73. The van der Waals surface area contributed by atoms with E-state index >= 15 is 0 Å². The van der Waals surface area contributed by atoms with Gasteiger partial charge in [0.25, 0.3) is 11.8 Å². The van der Waals surface area contributed by atoms with E-state index in [2.05, 4.69) is 35.6 Å². The van der Waals surface area contributed by atoms with E-state index in [1.807, 2.05) is 47.8 Å². The summed E-state index contributed by atoms with van der Waals surface area (Å²) in [5.41, 5.74) is 4.06. The molecule has 0 aliphatic carbocycles. The summed E-state index contributed by atoms with van der Waals surface area (Å²) in [6.07, 6.45) is 0. The highest BCUT2D eigenvalue weighted by Crippen LogP contribution is 2.34. The van der Waals surface area contributed by atoms with Crippen molar-refractivity contribution in [1.82, 2.24) is 14.8 Å². The van der Waals surface area contributed by atoms with Gasteiger partial charge in [0.05, 0.1) is 29.1 Å². The molecule has 2 aromatic carbocycles. The molecule has 0 radical (unpaired) electrons. The lowest BCUT2D eigenvalue weighted by Crippen LogP contribution is -2.49. The normalized spacial score (nSPS) is 16.9. The molecule has 0 spiro atoms. The topological polar surface area (TPSA) is 56.8 Å². The van der Waals surface area contributed by atoms with E-state index in [4.69, 9.17) is 0 Å². The molecular weight excluding hydrogens is 444 g/mol. The number of amides is 2. The van der Waals surface area contributed by atoms with E-state index in [1.54, 1.807) is 6.07 Å². The van der Waals surface area contributed by atoms with Crippen molar-refractivity contribution >= 4 is 28.8 Å². The van der Waals surface area contributed by atoms with E-state index in [0.29, 0.717) is 11.1 Å². The minimum absolute atomic E-state index is 0.197. The molecule has 1 saturated heterocycles. The van der Waals surface area contributed by atoms with Crippen molar-refractivity contribution in [2.24, 2.45) is 5.41 Å². The number of fused-ring (bicyclic) bond motifs is 1. The van der Waals surface area contributed by atoms with Gasteiger partial charge < -0.3 is 4.90 Å². The van der Waals surface area contributed by atoms with Crippen LogP contribution in [-0.2, 0) is 6.54 Å². The summed E-state index contributed by atoms with van der Waals surface area (Å²) in [6, 6.07) is 15.6. The SMILES string of the molecule is CC(C)(C)CN1CCN(c2cccc3c2C(=O)N(Cc2nc(-c4ccccc4)cs2)C3=O)CC1. The highest BCUT2D eigenvalue weighted by molar-refractivity contribution is 7.10. The number of thiazole rings is 1. The minimum atomic E-state index is -0.232. The molecule has 7 heteroatoms. The number of carbonyl (C=O) groups is 2. The van der Waals surface area contributed by atoms with Crippen LogP contribution in [0.1, 0.15) is 46.5 Å². The van der Waals surface area contributed by atoms with Gasteiger partial charge in [0.15, 0.2) is 0 Å². The molecule has 176 valence electrons. The van der Waals surface area contributed by atoms with Crippen molar-refractivity contribution in [2.45, 2.75) is 27.3 Å². The summed E-state index contributed by atoms with van der Waals surface area (Å²) >= 11 is 1.48. The zero-order valence-electron chi connectivity index (χ0n) is 20.0. The third-order valence-corrected chi connectivity index (χ3v) is 7.14. The molecule has 3 aromatic rings. The Balaban J connectivity index is 1.33. The Bertz CT molecular complexity index is 1210. The summed E-state index contributed by atoms with van der Waals surface area (Å²) < 4.78 is 0. The lowest BCUT2D eigenvalue weighted by Gasteiger charge is -2.39. The maximum Gasteiger partial charge on any atom is 0.264 e. The Hall–Kier alpha value is -3.03. The number of rotatable bonds is 5. The summed E-state index contributed by atoms with van der Waals surface area (Å²) in [5.74, 6) is -0.450. The van der Waals surface area contributed by atoms with Crippen molar-refractivity contribution in [3.8, 4) is 11.3 Å². The van der Waals surface area contributed by atoms with Crippen molar-refractivity contribution in [3.05, 3.63) is 70.0 Å². The molecule has 3 heterocycles. The monoisotopic (exact) mass is 474 g/mol. The van der Waals surface area contributed by atoms with E-state index in [0.717, 1.165) is 54.7 Å². The van der Waals surface area contributed by atoms with Gasteiger partial charge in [-0.25, -0.2) is 4.98 Å². The smallest absolute Gasteiger partial charge is 0.264 e. The van der Waals surface area contributed by atoms with E-state index < -0.39 is 0 Å². The highest BCUT2D eigenvalue weighted by Gasteiger charge is 2.39. The van der Waals surface area contributed by atoms with E-state index in [-0.39, 0.29) is 23.8 Å². The summed E-state index contributed by atoms with van der Waals surface area (Å²) in [4.78, 5) is 37.4. The fourth-order valence-electron chi connectivity index (χ4n) is 4.80. The maximum atomic E-state index is 13.4. The number of nitrogens with zero attached hydrogens (tertiary/aromatic N) is 4. The van der Waals surface area contributed by atoms with Crippen LogP contribution in [0.4, 0.5) is 5.69 Å². The van der Waals surface area contributed by atoms with Gasteiger partial charge in [-0.1, -0.05) is 57.2 Å². The minimum Gasteiger partial charge on any atom is -0.368 e. The van der Waals surface area contributed by atoms with Crippen LogP contribution >= 0.6 is 11.3 Å². The molecule has 34 heavy (non-hydrogen) atoms. The first-order chi connectivity index (χ1) is 16.3. The second kappa shape index (κ2) is 8.96. The second-order valence-electron chi connectivity index (χ2n) is 10.2. The van der Waals surface area contributed by atoms with Crippen molar-refractivity contribution in [3.63, 3.8) is 0 Å². The van der Waals surface area contributed by atoms with Gasteiger partial charge >= 0.3 is 0 Å². The number of hydrogen-bond acceptors (Lipinski definition) is 6. The molecule has 0 bridgehead atoms. The number of hydrogen-bond donors (Lipinski definition) is 0. The Kier molecular flexibility index (Phi) is 6.00. The van der Waals surface area contributed by atoms with Crippen LogP contribution < -0.4 is 4.90 Å². The third kappa shape index (κ3) is 4.50. The Morgan fingerprint density at radius 1 is 0.912 bits per heavy atom. The van der Waals surface area contributed by atoms with Gasteiger partial charge in [-0.05, 0) is 17.5 Å². The fourth-order valence-corrected chi connectivity index (χ4v) is 5.59. The number of benzene rings is 2. The average molecular weight is 475 g/mol. The highest BCUT2D eigenvalue weighted by atomic mass is 32.1. The number of piperazine rings is 1. The van der Waals surface area contributed by atoms with Crippen LogP contribution in [-0.4, -0.2) is 59.3 Å². The van der Waals surface area contributed by atoms with Gasteiger partial charge in [-0.15, -0.1) is 11.3 Å². The van der Waals surface area contributed by atoms with Crippen molar-refractivity contribution in [2.75, 3.05) is 37.6 Å². The van der Waals surface area contributed by atoms with Gasteiger partial charge in [-0.3, -0.25) is 19.4 Å². The van der Waals surface area contributed by atoms with E-state index in [9.17, 15) is 9.59 Å². The Morgan fingerprint density at radius 3 is 2.35 bits per heavy atom. The molecule has 1 aromatic heterocycles. The van der Waals surface area contributed by atoms with Crippen LogP contribution in [0.3, 0.4) is 0 Å². The Morgan fingerprint density at radius 2 is 1.65 bits per heavy atom. The molecule has 0 atom stereocenters. The Labute approximate surface area is 204 Å². The van der Waals surface area contributed by atoms with Crippen molar-refractivity contribution in [1.29, 1.82) is 0 Å². The van der Waals surface area contributed by atoms with Crippen LogP contribution in [0.15, 0.2) is 53.9 Å². The zero-order chi connectivity index (χ0) is 23.9. The predicted molar refractivity (Wildman–Crippen MR) is 136 cm³/mol. The molecule has 2 aliphatic rings. The van der Waals surface area contributed by atoms with Crippen LogP contribution in [0.25, 0.3) is 11.3 Å². The molecular formula is C27H30N4O2S. The number of anilines is 1. The quantitative estimate of drug-likeness (QED) is 0.499. The first kappa shape index (κ1) is 22.7. The first-order valence-corrected chi connectivity index (χ1v) is 12.6. The van der Waals surface area contributed by atoms with Crippen LogP contribution in [0.2, 0.25) is 0 Å². The third-order valence-electron chi connectivity index (χ3n) is 6.30. The van der Waals surface area contributed by atoms with Crippen molar-refractivity contribution < 1.29 is 9.59 Å². The van der Waals surface area contributed by atoms with Gasteiger partial charge in [0.2, 0.25) is 0 Å². The standard InChI is InChI=1S/C27H30N4O2S/c1-27(2,3)18-29-12-14-30(15-13-29)22-11-7-10-20-24(22)26(33)31(25(20)32)16-23-28-21(17-34-23)19-8-5-4-6-9-19/h4-11,17H,12-16,18H2,1-3H3. The molecule has 2 amide bonds.